The molecule has 1 saturated heterocycles. The Morgan fingerprint density at radius 1 is 1.04 bits per heavy atom. The number of hydrogen-bond acceptors (Lipinski definition) is 3. The van der Waals surface area contributed by atoms with Crippen molar-refractivity contribution in [3.63, 3.8) is 0 Å². The first-order valence-electron chi connectivity index (χ1n) is 8.60. The van der Waals surface area contributed by atoms with E-state index >= 15 is 0 Å². The molecule has 2 aromatic carbocycles. The van der Waals surface area contributed by atoms with Crippen molar-refractivity contribution in [2.45, 2.75) is 12.8 Å². The highest BCUT2D eigenvalue weighted by atomic mass is 16.5. The standard InChI is InChI=1S/C20H24N2O2/c23-20(22-13-11-21-12-14-22)18-9-4-10-19(16-18)24-15-5-8-17-6-2-1-3-7-17/h1-4,6-7,9-10,16,21H,5,8,11-15H2. The van der Waals surface area contributed by atoms with E-state index in [1.807, 2.05) is 35.2 Å². The zero-order valence-corrected chi connectivity index (χ0v) is 13.9. The topological polar surface area (TPSA) is 41.6 Å². The Balaban J connectivity index is 1.50. The number of hydrogen-bond donors (Lipinski definition) is 1. The van der Waals surface area contributed by atoms with Crippen LogP contribution in [0.5, 0.6) is 5.75 Å². The van der Waals surface area contributed by atoms with E-state index in [0.29, 0.717) is 12.2 Å². The number of nitrogens with one attached hydrogen (secondary N) is 1. The van der Waals surface area contributed by atoms with Crippen LogP contribution in [0.1, 0.15) is 22.3 Å². The van der Waals surface area contributed by atoms with E-state index in [-0.39, 0.29) is 5.91 Å². The number of ether oxygens (including phenoxy) is 1. The number of benzene rings is 2. The Morgan fingerprint density at radius 2 is 1.83 bits per heavy atom. The molecule has 0 spiro atoms. The summed E-state index contributed by atoms with van der Waals surface area (Å²) in [5, 5.41) is 3.26. The maximum absolute atomic E-state index is 12.5. The van der Waals surface area contributed by atoms with Gasteiger partial charge in [-0.05, 0) is 36.6 Å². The maximum Gasteiger partial charge on any atom is 0.254 e. The third kappa shape index (κ3) is 4.59. The fourth-order valence-corrected chi connectivity index (χ4v) is 2.88. The number of piperazine rings is 1. The number of aryl methyl sites for hydroxylation is 1. The summed E-state index contributed by atoms with van der Waals surface area (Å²) in [6.07, 6.45) is 1.96. The molecule has 1 amide bonds. The van der Waals surface area contributed by atoms with Crippen LogP contribution in [-0.4, -0.2) is 43.6 Å². The molecule has 0 aliphatic carbocycles. The Kier molecular flexibility index (Phi) is 5.85. The lowest BCUT2D eigenvalue weighted by atomic mass is 10.1. The van der Waals surface area contributed by atoms with Gasteiger partial charge >= 0.3 is 0 Å². The molecule has 24 heavy (non-hydrogen) atoms. The fraction of sp³-hybridized carbons (Fsp3) is 0.350. The molecule has 1 fully saturated rings. The minimum absolute atomic E-state index is 0.0891. The van der Waals surface area contributed by atoms with Crippen molar-refractivity contribution in [2.75, 3.05) is 32.8 Å². The first-order chi connectivity index (χ1) is 11.8. The van der Waals surface area contributed by atoms with Crippen LogP contribution in [0.25, 0.3) is 0 Å². The summed E-state index contributed by atoms with van der Waals surface area (Å²) in [4.78, 5) is 14.4. The van der Waals surface area contributed by atoms with E-state index in [1.165, 1.54) is 5.56 Å². The van der Waals surface area contributed by atoms with Gasteiger partial charge in [-0.1, -0.05) is 36.4 Å². The molecule has 0 atom stereocenters. The first-order valence-corrected chi connectivity index (χ1v) is 8.60. The van der Waals surface area contributed by atoms with Gasteiger partial charge in [0.25, 0.3) is 5.91 Å². The van der Waals surface area contributed by atoms with Gasteiger partial charge in [0.2, 0.25) is 0 Å². The van der Waals surface area contributed by atoms with E-state index in [9.17, 15) is 4.79 Å². The molecule has 1 aliphatic rings. The molecule has 4 heteroatoms. The smallest absolute Gasteiger partial charge is 0.254 e. The molecular formula is C20H24N2O2. The van der Waals surface area contributed by atoms with Crippen molar-refractivity contribution < 1.29 is 9.53 Å². The molecule has 126 valence electrons. The molecule has 0 bridgehead atoms. The summed E-state index contributed by atoms with van der Waals surface area (Å²) in [5.74, 6) is 0.857. The first kappa shape index (κ1) is 16.5. The fourth-order valence-electron chi connectivity index (χ4n) is 2.88. The van der Waals surface area contributed by atoms with Crippen LogP contribution in [-0.2, 0) is 6.42 Å². The van der Waals surface area contributed by atoms with Crippen molar-refractivity contribution in [3.05, 3.63) is 65.7 Å². The Morgan fingerprint density at radius 3 is 2.62 bits per heavy atom. The van der Waals surface area contributed by atoms with E-state index in [0.717, 1.165) is 44.8 Å². The summed E-state index contributed by atoms with van der Waals surface area (Å²) in [7, 11) is 0. The number of nitrogens with zero attached hydrogens (tertiary/aromatic N) is 1. The van der Waals surface area contributed by atoms with E-state index in [2.05, 4.69) is 29.6 Å². The number of carbonyl (C=O) groups excluding carboxylic acids is 1. The molecule has 2 aromatic rings. The van der Waals surface area contributed by atoms with Gasteiger partial charge in [0.1, 0.15) is 5.75 Å². The third-order valence-corrected chi connectivity index (χ3v) is 4.21. The van der Waals surface area contributed by atoms with Crippen molar-refractivity contribution in [3.8, 4) is 5.75 Å². The molecule has 3 rings (SSSR count). The van der Waals surface area contributed by atoms with Gasteiger partial charge in [0, 0.05) is 31.7 Å². The summed E-state index contributed by atoms with van der Waals surface area (Å²) in [5.41, 5.74) is 2.03. The van der Waals surface area contributed by atoms with Crippen LogP contribution in [0.3, 0.4) is 0 Å². The summed E-state index contributed by atoms with van der Waals surface area (Å²) >= 11 is 0. The van der Waals surface area contributed by atoms with Gasteiger partial charge < -0.3 is 15.0 Å². The third-order valence-electron chi connectivity index (χ3n) is 4.21. The molecule has 1 heterocycles. The zero-order chi connectivity index (χ0) is 16.6. The molecule has 0 saturated carbocycles. The molecule has 0 aromatic heterocycles. The predicted octanol–water partition coefficient (Wildman–Crippen LogP) is 2.74. The average molecular weight is 324 g/mol. The van der Waals surface area contributed by atoms with Gasteiger partial charge in [0.05, 0.1) is 6.61 Å². The Labute approximate surface area is 143 Å². The lowest BCUT2D eigenvalue weighted by Crippen LogP contribution is -2.46. The van der Waals surface area contributed by atoms with Crippen molar-refractivity contribution in [2.24, 2.45) is 0 Å². The predicted molar refractivity (Wildman–Crippen MR) is 95.5 cm³/mol. The summed E-state index contributed by atoms with van der Waals surface area (Å²) in [6.45, 7) is 3.91. The second kappa shape index (κ2) is 8.50. The van der Waals surface area contributed by atoms with E-state index in [1.54, 1.807) is 0 Å². The molecule has 1 N–H and O–H groups in total. The number of rotatable bonds is 6. The largest absolute Gasteiger partial charge is 0.494 e. The number of carbonyl (C=O) groups is 1. The second-order valence-electron chi connectivity index (χ2n) is 6.01. The minimum Gasteiger partial charge on any atom is -0.494 e. The van der Waals surface area contributed by atoms with Crippen molar-refractivity contribution in [1.29, 1.82) is 0 Å². The Hall–Kier alpha value is -2.33. The van der Waals surface area contributed by atoms with E-state index < -0.39 is 0 Å². The SMILES string of the molecule is O=C(c1cccc(OCCCc2ccccc2)c1)N1CCNCC1. The van der Waals surface area contributed by atoms with E-state index in [4.69, 9.17) is 4.74 Å². The highest BCUT2D eigenvalue weighted by Crippen LogP contribution is 2.16. The second-order valence-corrected chi connectivity index (χ2v) is 6.01. The molecule has 0 radical (unpaired) electrons. The van der Waals surface area contributed by atoms with Gasteiger partial charge in [-0.15, -0.1) is 0 Å². The lowest BCUT2D eigenvalue weighted by molar-refractivity contribution is 0.0735. The summed E-state index contributed by atoms with van der Waals surface area (Å²) < 4.78 is 5.82. The van der Waals surface area contributed by atoms with Crippen LogP contribution in [0.15, 0.2) is 54.6 Å². The van der Waals surface area contributed by atoms with Crippen LogP contribution in [0.4, 0.5) is 0 Å². The van der Waals surface area contributed by atoms with Crippen LogP contribution < -0.4 is 10.1 Å². The normalized spacial score (nSPS) is 14.4. The quantitative estimate of drug-likeness (QED) is 0.831. The Bertz CT molecular complexity index is 652. The van der Waals surface area contributed by atoms with Gasteiger partial charge in [0.15, 0.2) is 0 Å². The maximum atomic E-state index is 12.5. The van der Waals surface area contributed by atoms with Crippen LogP contribution in [0.2, 0.25) is 0 Å². The minimum atomic E-state index is 0.0891. The average Bonchev–Trinajstić information content (AvgIpc) is 2.66. The summed E-state index contributed by atoms with van der Waals surface area (Å²) in [6, 6.07) is 17.9. The van der Waals surface area contributed by atoms with Gasteiger partial charge in [-0.2, -0.15) is 0 Å². The lowest BCUT2D eigenvalue weighted by Gasteiger charge is -2.27. The van der Waals surface area contributed by atoms with Crippen molar-refractivity contribution >= 4 is 5.91 Å². The van der Waals surface area contributed by atoms with Gasteiger partial charge in [-0.25, -0.2) is 0 Å². The zero-order valence-electron chi connectivity index (χ0n) is 13.9. The van der Waals surface area contributed by atoms with Gasteiger partial charge in [-0.3, -0.25) is 4.79 Å². The monoisotopic (exact) mass is 324 g/mol. The number of amides is 1. The molecular weight excluding hydrogens is 300 g/mol. The highest BCUT2D eigenvalue weighted by Gasteiger charge is 2.18. The molecule has 1 aliphatic heterocycles. The van der Waals surface area contributed by atoms with Crippen molar-refractivity contribution in [1.82, 2.24) is 10.2 Å². The van der Waals surface area contributed by atoms with Crippen LogP contribution in [0, 0.1) is 0 Å². The molecule has 4 nitrogen and oxygen atoms in total. The molecule has 0 unspecified atom stereocenters. The highest BCUT2D eigenvalue weighted by molar-refractivity contribution is 5.94. The van der Waals surface area contributed by atoms with Crippen LogP contribution >= 0.6 is 0 Å².